The lowest BCUT2D eigenvalue weighted by Crippen LogP contribution is -2.93. The molecule has 0 radical (unpaired) electrons. The highest BCUT2D eigenvalue weighted by molar-refractivity contribution is 7.20. The van der Waals surface area contributed by atoms with Crippen LogP contribution in [0.5, 0.6) is 0 Å². The molecule has 0 spiro atoms. The summed E-state index contributed by atoms with van der Waals surface area (Å²) < 4.78 is 235. The Morgan fingerprint density at radius 2 is 0.604 bits per heavy atom. The van der Waals surface area contributed by atoms with Gasteiger partial charge >= 0.3 is 0 Å². The molecule has 4 aromatic rings. The van der Waals surface area contributed by atoms with Crippen LogP contribution in [0, 0.1) is 93.1 Å². The summed E-state index contributed by atoms with van der Waals surface area (Å²) in [6.45, 7) is 10.0. The van der Waals surface area contributed by atoms with Crippen LogP contribution < -0.4 is 27.2 Å². The highest BCUT2D eigenvalue weighted by atomic mass is 19.2. The van der Waals surface area contributed by atoms with Gasteiger partial charge in [-0.05, 0) is 27.7 Å². The van der Waals surface area contributed by atoms with E-state index in [1.807, 2.05) is 0 Å². The van der Waals surface area contributed by atoms with Crippen molar-refractivity contribution in [3.8, 4) is 0 Å². The molecule has 1 nitrogen and oxygen atoms in total. The Bertz CT molecular complexity index is 1650. The number of hydrogen-bond donors (Lipinski definition) is 1. The Labute approximate surface area is 261 Å². The van der Waals surface area contributed by atoms with E-state index in [-0.39, 0.29) is 0 Å². The Balaban J connectivity index is 0.000000804. The van der Waals surface area contributed by atoms with Gasteiger partial charge in [-0.2, -0.15) is 0 Å². The zero-order chi connectivity index (χ0) is 36.8. The second-order valence-electron chi connectivity index (χ2n) is 11.4. The fourth-order valence-corrected chi connectivity index (χ4v) is 5.39. The Hall–Kier alpha value is -4.22. The molecule has 0 saturated carbocycles. The number of benzene rings is 4. The minimum absolute atomic E-state index is 0.425. The predicted octanol–water partition coefficient (Wildman–Crippen LogP) is 5.66. The van der Waals surface area contributed by atoms with E-state index in [2.05, 4.69) is 33.0 Å². The van der Waals surface area contributed by atoms with Gasteiger partial charge < -0.3 is 5.32 Å². The number of rotatable bonds is 5. The molecular weight excluding hydrogens is 689 g/mol. The fourth-order valence-electron chi connectivity index (χ4n) is 5.39. The third-order valence-corrected chi connectivity index (χ3v) is 7.15. The number of nitrogens with two attached hydrogens (primary N) is 1. The molecule has 4 aromatic carbocycles. The normalized spacial score (nSPS) is 11.9. The Kier molecular flexibility index (Phi) is 10.9. The molecule has 0 aliphatic rings. The first-order valence-electron chi connectivity index (χ1n) is 13.4. The molecule has 260 valence electrons. The third kappa shape index (κ3) is 6.45. The van der Waals surface area contributed by atoms with Crippen LogP contribution in [0.1, 0.15) is 27.7 Å². The van der Waals surface area contributed by atoms with Gasteiger partial charge in [0.05, 0.1) is 35.4 Å². The minimum atomic E-state index is -6.18. The molecule has 0 unspecified atom stereocenters. The monoisotopic (exact) mass is 709 g/mol. The van der Waals surface area contributed by atoms with Gasteiger partial charge in [0.1, 0.15) is 29.4 Å². The van der Waals surface area contributed by atoms with E-state index in [0.717, 1.165) is 0 Å². The summed E-state index contributed by atoms with van der Waals surface area (Å²) in [5.41, 5.74) is -10.5. The van der Waals surface area contributed by atoms with Crippen molar-refractivity contribution in [1.29, 1.82) is 0 Å². The summed E-state index contributed by atoms with van der Waals surface area (Å²) in [4.78, 5) is 0. The van der Waals surface area contributed by atoms with Crippen molar-refractivity contribution in [1.82, 2.24) is 0 Å². The van der Waals surface area contributed by atoms with Crippen LogP contribution >= 0.6 is 0 Å². The maximum atomic E-state index is 15.3. The Morgan fingerprint density at radius 1 is 0.396 bits per heavy atom. The smallest absolute Gasteiger partial charge is 0.191 e. The van der Waals surface area contributed by atoms with E-state index >= 15 is 35.1 Å². The summed E-state index contributed by atoms with van der Waals surface area (Å²) in [6, 6.07) is -2.92. The van der Waals surface area contributed by atoms with Crippen LogP contribution in [0.3, 0.4) is 0 Å². The first kappa shape index (κ1) is 38.2. The van der Waals surface area contributed by atoms with Crippen molar-refractivity contribution < 1.29 is 75.6 Å². The van der Waals surface area contributed by atoms with Crippen LogP contribution in [0.2, 0.25) is 0 Å². The largest absolute Gasteiger partial charge is 0.342 e. The summed E-state index contributed by atoms with van der Waals surface area (Å²) in [5, 5.41) is 2.31. The lowest BCUT2D eigenvalue weighted by Gasteiger charge is -2.44. The first-order chi connectivity index (χ1) is 22.1. The van der Waals surface area contributed by atoms with Crippen molar-refractivity contribution in [2.24, 2.45) is 0 Å². The van der Waals surface area contributed by atoms with Gasteiger partial charge in [0, 0.05) is 24.3 Å². The average Bonchev–Trinajstić information content (AvgIpc) is 2.96. The molecule has 4 rings (SSSR count). The van der Waals surface area contributed by atoms with E-state index in [9.17, 15) is 35.1 Å². The molecule has 0 fully saturated rings. The Morgan fingerprint density at radius 3 is 0.750 bits per heavy atom. The number of halogens is 16. The van der Waals surface area contributed by atoms with Gasteiger partial charge in [-0.15, -0.1) is 21.9 Å². The quantitative estimate of drug-likeness (QED) is 0.119. The average molecular weight is 709 g/mol. The van der Waals surface area contributed by atoms with Crippen LogP contribution in [0.4, 0.5) is 70.2 Å². The van der Waals surface area contributed by atoms with Gasteiger partial charge in [0.25, 0.3) is 0 Å². The van der Waals surface area contributed by atoms with Crippen molar-refractivity contribution in [2.45, 2.75) is 33.2 Å². The van der Waals surface area contributed by atoms with Gasteiger partial charge in [-0.3, -0.25) is 0 Å². The van der Waals surface area contributed by atoms with Crippen molar-refractivity contribution in [3.63, 3.8) is 0 Å². The van der Waals surface area contributed by atoms with E-state index in [1.165, 1.54) is 6.54 Å². The van der Waals surface area contributed by atoms with Crippen LogP contribution in [-0.2, 0) is 0 Å². The molecule has 18 heteroatoms. The molecule has 0 bridgehead atoms. The molecule has 0 amide bonds. The molecule has 0 aliphatic carbocycles. The lowest BCUT2D eigenvalue weighted by molar-refractivity contribution is -0.714. The summed E-state index contributed by atoms with van der Waals surface area (Å²) in [6.07, 6.45) is -6.18. The molecule has 0 heterocycles. The second kappa shape index (κ2) is 13.7. The highest BCUT2D eigenvalue weighted by Crippen LogP contribution is 2.27. The zero-order valence-corrected chi connectivity index (χ0v) is 24.7. The van der Waals surface area contributed by atoms with Gasteiger partial charge in [-0.1, -0.05) is 0 Å². The van der Waals surface area contributed by atoms with Crippen molar-refractivity contribution in [2.75, 3.05) is 6.54 Å². The summed E-state index contributed by atoms with van der Waals surface area (Å²) in [5.74, 6) is -45.1. The number of hydrogen-bond acceptors (Lipinski definition) is 0. The van der Waals surface area contributed by atoms with E-state index < -0.39 is 145 Å². The molecule has 48 heavy (non-hydrogen) atoms. The van der Waals surface area contributed by atoms with Gasteiger partial charge in [0.15, 0.2) is 46.5 Å². The molecule has 0 aliphatic heterocycles. The molecular formula is C30H20BF16N. The van der Waals surface area contributed by atoms with Gasteiger partial charge in [-0.25, -0.2) is 70.2 Å². The molecule has 0 aromatic heterocycles. The molecule has 0 atom stereocenters. The SMILES string of the molecule is CC[NH2+]C(C)(C)C.Fc1cc(F)c([B-](c2c(F)cc(F)c(F)c2F)(c2c(F)cc(F)c(F)c2F)c2c(F)cc(F)c(F)c2F)c(F)c1F. The van der Waals surface area contributed by atoms with E-state index in [4.69, 9.17) is 0 Å². The highest BCUT2D eigenvalue weighted by Gasteiger charge is 2.49. The summed E-state index contributed by atoms with van der Waals surface area (Å²) in [7, 11) is 0. The van der Waals surface area contributed by atoms with Crippen LogP contribution in [0.25, 0.3) is 0 Å². The third-order valence-electron chi connectivity index (χ3n) is 7.15. The maximum Gasteiger partial charge on any atom is 0.191 e. The topological polar surface area (TPSA) is 16.6 Å². The summed E-state index contributed by atoms with van der Waals surface area (Å²) >= 11 is 0. The van der Waals surface area contributed by atoms with Crippen molar-refractivity contribution in [3.05, 3.63) is 117 Å². The molecule has 0 saturated heterocycles. The predicted molar refractivity (Wildman–Crippen MR) is 142 cm³/mol. The first-order valence-corrected chi connectivity index (χ1v) is 13.4. The maximum absolute atomic E-state index is 15.3. The molecule has 2 N–H and O–H groups in total. The van der Waals surface area contributed by atoms with Crippen LogP contribution in [-0.4, -0.2) is 18.2 Å². The standard InChI is InChI=1S/C24H4BF16.C6H15N/c26-5-1-9(30)17(34)21(38)13(5)25(14-6(27)2-10(31)18(35)22(14)39,15-7(28)3-11(32)19(36)23(15)40)16-8(29)4-12(33)20(37)24(16)41;1-5-7-6(2,3)4/h1-4H;7H,5H2,1-4H3/q-1;/p+1. The van der Waals surface area contributed by atoms with E-state index in [1.54, 1.807) is 0 Å². The van der Waals surface area contributed by atoms with Gasteiger partial charge in [0.2, 0.25) is 0 Å². The zero-order valence-electron chi connectivity index (χ0n) is 24.7. The lowest BCUT2D eigenvalue weighted by atomic mass is 9.12. The second-order valence-corrected chi connectivity index (χ2v) is 11.4. The number of quaternary nitrogens is 1. The van der Waals surface area contributed by atoms with Crippen molar-refractivity contribution >= 4 is 28.0 Å². The fraction of sp³-hybridized carbons (Fsp3) is 0.200. The van der Waals surface area contributed by atoms with E-state index in [0.29, 0.717) is 5.54 Å². The van der Waals surface area contributed by atoms with Crippen LogP contribution in [0.15, 0.2) is 24.3 Å². The minimum Gasteiger partial charge on any atom is -0.342 e.